The van der Waals surface area contributed by atoms with Gasteiger partial charge >= 0.3 is 11.7 Å². The van der Waals surface area contributed by atoms with Crippen LogP contribution in [0.1, 0.15) is 12.1 Å². The molecule has 1 heterocycles. The first-order valence-electron chi connectivity index (χ1n) is 6.46. The molecule has 1 aromatic heterocycles. The summed E-state index contributed by atoms with van der Waals surface area (Å²) in [6, 6.07) is 3.26. The number of rotatable bonds is 4. The van der Waals surface area contributed by atoms with E-state index < -0.39 is 22.8 Å². The van der Waals surface area contributed by atoms with Crippen LogP contribution >= 0.6 is 11.6 Å². The number of hydrogen-bond donors (Lipinski definition) is 0. The van der Waals surface area contributed by atoms with Crippen LogP contribution in [0.5, 0.6) is 0 Å². The molecule has 1 aromatic carbocycles. The minimum absolute atomic E-state index is 0.0509. The molecule has 0 fully saturated rings. The van der Waals surface area contributed by atoms with Crippen molar-refractivity contribution < 1.29 is 14.1 Å². The van der Waals surface area contributed by atoms with Gasteiger partial charge < -0.3 is 9.29 Å². The number of ether oxygens (including phenoxy) is 1. The van der Waals surface area contributed by atoms with E-state index in [1.807, 2.05) is 0 Å². The third-order valence-corrected chi connectivity index (χ3v) is 4.68. The molecule has 0 bridgehead atoms. The van der Waals surface area contributed by atoms with Crippen LogP contribution in [-0.2, 0) is 27.3 Å². The predicted molar refractivity (Wildman–Crippen MR) is 84.7 cm³/mol. The lowest BCUT2D eigenvalue weighted by Crippen LogP contribution is -2.25. The first-order chi connectivity index (χ1) is 10.3. The molecule has 1 atom stereocenters. The lowest BCUT2D eigenvalue weighted by atomic mass is 10.2. The van der Waals surface area contributed by atoms with Crippen molar-refractivity contribution in [3.05, 3.63) is 33.3 Å². The number of carbonyl (C=O) groups is 1. The Hall–Kier alpha value is -1.57. The van der Waals surface area contributed by atoms with Crippen LogP contribution in [0.4, 0.5) is 0 Å². The van der Waals surface area contributed by atoms with Crippen molar-refractivity contribution in [1.29, 1.82) is 0 Å². The van der Waals surface area contributed by atoms with E-state index in [1.165, 1.54) is 17.9 Å². The monoisotopic (exact) mass is 342 g/mol. The highest BCUT2D eigenvalue weighted by atomic mass is 35.5. The van der Waals surface area contributed by atoms with Crippen LogP contribution in [-0.4, -0.2) is 33.4 Å². The molecule has 0 radical (unpaired) electrons. The van der Waals surface area contributed by atoms with Gasteiger partial charge in [-0.2, -0.15) is 4.98 Å². The van der Waals surface area contributed by atoms with Crippen molar-refractivity contribution in [2.45, 2.75) is 24.8 Å². The molecule has 0 N–H and O–H groups in total. The van der Waals surface area contributed by atoms with Crippen LogP contribution in [0.25, 0.3) is 10.9 Å². The highest BCUT2D eigenvalue weighted by Gasteiger charge is 2.17. The van der Waals surface area contributed by atoms with E-state index in [0.29, 0.717) is 26.5 Å². The lowest BCUT2D eigenvalue weighted by Gasteiger charge is -2.13. The van der Waals surface area contributed by atoms with Gasteiger partial charge in [-0.3, -0.25) is 9.36 Å². The molecule has 0 amide bonds. The molecule has 0 saturated carbocycles. The Kier molecular flexibility index (Phi) is 5.10. The van der Waals surface area contributed by atoms with Crippen molar-refractivity contribution in [3.63, 3.8) is 0 Å². The molecule has 0 spiro atoms. The number of nitrogens with zero attached hydrogens (tertiary/aromatic N) is 2. The normalized spacial score (nSPS) is 12.4. The van der Waals surface area contributed by atoms with Gasteiger partial charge in [0.25, 0.3) is 0 Å². The summed E-state index contributed by atoms with van der Waals surface area (Å²) in [6.45, 7) is 1.84. The van der Waals surface area contributed by atoms with Crippen molar-refractivity contribution in [3.8, 4) is 0 Å². The van der Waals surface area contributed by atoms with Crippen molar-refractivity contribution in [1.82, 2.24) is 9.55 Å². The van der Waals surface area contributed by atoms with Crippen molar-refractivity contribution in [2.24, 2.45) is 0 Å². The number of methoxy groups -OCH3 is 1. The zero-order chi connectivity index (χ0) is 16.4. The summed E-state index contributed by atoms with van der Waals surface area (Å²) >= 11 is 4.89. The number of esters is 1. The van der Waals surface area contributed by atoms with E-state index >= 15 is 0 Å². The first kappa shape index (κ1) is 16.8. The molecular formula is C14H15ClN2O4S. The molecule has 2 aromatic rings. The molecule has 1 unspecified atom stereocenters. The number of aryl methyl sites for hydroxylation is 2. The maximum atomic E-state index is 12.1. The van der Waals surface area contributed by atoms with E-state index in [2.05, 4.69) is 9.72 Å². The number of carbonyl (C=O) groups excluding carboxylic acids is 1. The van der Waals surface area contributed by atoms with Crippen molar-refractivity contribution >= 4 is 39.6 Å². The second kappa shape index (κ2) is 6.68. The van der Waals surface area contributed by atoms with Gasteiger partial charge in [0.1, 0.15) is 6.26 Å². The standard InChI is InChI=1S/C14H15ClN2O4S/c1-8-9-6-12(22(3)20)10(15)7-11(9)17(14(19)16-8)5-4-13(18)21-2/h6-7H,4-5H2,1-3H3. The molecule has 8 heteroatoms. The summed E-state index contributed by atoms with van der Waals surface area (Å²) in [5.74, 6) is -0.419. The van der Waals surface area contributed by atoms with E-state index in [-0.39, 0.29) is 13.0 Å². The zero-order valence-corrected chi connectivity index (χ0v) is 14.0. The average Bonchev–Trinajstić information content (AvgIpc) is 2.45. The van der Waals surface area contributed by atoms with E-state index in [0.717, 1.165) is 0 Å². The third kappa shape index (κ3) is 3.26. The summed E-state index contributed by atoms with van der Waals surface area (Å²) in [5.41, 5.74) is 0.619. The zero-order valence-electron chi connectivity index (χ0n) is 12.4. The Morgan fingerprint density at radius 3 is 2.77 bits per heavy atom. The summed E-state index contributed by atoms with van der Waals surface area (Å²) in [4.78, 5) is 27.8. The fourth-order valence-corrected chi connectivity index (χ4v) is 3.27. The minimum atomic E-state index is -1.25. The topological polar surface area (TPSA) is 84.2 Å². The SMILES string of the molecule is COC(=O)CCn1c(=O)nc(C)c2cc([S+](C)[O-])c(Cl)cc21. The van der Waals surface area contributed by atoms with Crippen LogP contribution < -0.4 is 5.69 Å². The Bertz CT molecular complexity index is 788. The molecular weight excluding hydrogens is 328 g/mol. The predicted octanol–water partition coefficient (Wildman–Crippen LogP) is 1.66. The molecule has 2 rings (SSSR count). The maximum Gasteiger partial charge on any atom is 0.348 e. The Morgan fingerprint density at radius 1 is 1.50 bits per heavy atom. The summed E-state index contributed by atoms with van der Waals surface area (Å²) in [5, 5.41) is 0.990. The number of fused-ring (bicyclic) bond motifs is 1. The molecule has 118 valence electrons. The van der Waals surface area contributed by atoms with Crippen LogP contribution in [0, 0.1) is 6.92 Å². The van der Waals surface area contributed by atoms with Crippen LogP contribution in [0.15, 0.2) is 21.8 Å². The molecule has 0 aliphatic rings. The van der Waals surface area contributed by atoms with Gasteiger partial charge in [0.15, 0.2) is 4.90 Å². The van der Waals surface area contributed by atoms with Gasteiger partial charge in [0.05, 0.1) is 29.8 Å². The second-order valence-corrected chi connectivity index (χ2v) is 6.47. The second-order valence-electron chi connectivity index (χ2n) is 4.71. The first-order valence-corrected chi connectivity index (χ1v) is 8.39. The Labute approximate surface area is 135 Å². The van der Waals surface area contributed by atoms with Gasteiger partial charge in [0.2, 0.25) is 0 Å². The summed E-state index contributed by atoms with van der Waals surface area (Å²) in [6.07, 6.45) is 1.58. The van der Waals surface area contributed by atoms with Gasteiger partial charge in [-0.25, -0.2) is 4.79 Å². The molecule has 0 aliphatic carbocycles. The van der Waals surface area contributed by atoms with E-state index in [1.54, 1.807) is 19.1 Å². The number of aromatic nitrogens is 2. The van der Waals surface area contributed by atoms with Crippen molar-refractivity contribution in [2.75, 3.05) is 13.4 Å². The molecule has 0 aliphatic heterocycles. The highest BCUT2D eigenvalue weighted by molar-refractivity contribution is 7.90. The fourth-order valence-electron chi connectivity index (χ4n) is 2.16. The van der Waals surface area contributed by atoms with Crippen LogP contribution in [0.3, 0.4) is 0 Å². The molecule has 6 nitrogen and oxygen atoms in total. The number of benzene rings is 1. The molecule has 22 heavy (non-hydrogen) atoms. The Morgan fingerprint density at radius 2 is 2.18 bits per heavy atom. The van der Waals surface area contributed by atoms with Gasteiger partial charge in [-0.15, -0.1) is 0 Å². The van der Waals surface area contributed by atoms with Gasteiger partial charge in [-0.05, 0) is 24.2 Å². The fraction of sp³-hybridized carbons (Fsp3) is 0.357. The smallest absolute Gasteiger partial charge is 0.348 e. The quantitative estimate of drug-likeness (QED) is 0.623. The lowest BCUT2D eigenvalue weighted by molar-refractivity contribution is -0.140. The number of halogens is 1. The van der Waals surface area contributed by atoms with Gasteiger partial charge in [-0.1, -0.05) is 11.6 Å². The summed E-state index contributed by atoms with van der Waals surface area (Å²) in [7, 11) is 1.29. The highest BCUT2D eigenvalue weighted by Crippen LogP contribution is 2.28. The Balaban J connectivity index is 2.63. The van der Waals surface area contributed by atoms with E-state index in [9.17, 15) is 14.1 Å². The third-order valence-electron chi connectivity index (χ3n) is 3.30. The average molecular weight is 343 g/mol. The molecule has 0 saturated heterocycles. The van der Waals surface area contributed by atoms with Crippen LogP contribution in [0.2, 0.25) is 5.02 Å². The van der Waals surface area contributed by atoms with E-state index in [4.69, 9.17) is 11.6 Å². The summed E-state index contributed by atoms with van der Waals surface area (Å²) < 4.78 is 17.7. The minimum Gasteiger partial charge on any atom is -0.612 e. The largest absolute Gasteiger partial charge is 0.612 e. The maximum absolute atomic E-state index is 12.1. The number of hydrogen-bond acceptors (Lipinski definition) is 5. The van der Waals surface area contributed by atoms with Gasteiger partial charge in [0, 0.05) is 18.0 Å².